The first-order valence-electron chi connectivity index (χ1n) is 6.83. The van der Waals surface area contributed by atoms with Crippen LogP contribution in [0.25, 0.3) is 10.9 Å². The Labute approximate surface area is 123 Å². The normalized spacial score (nSPS) is 10.8. The van der Waals surface area contributed by atoms with Crippen molar-refractivity contribution >= 4 is 28.4 Å². The summed E-state index contributed by atoms with van der Waals surface area (Å²) in [6.07, 6.45) is 3.95. The molecule has 4 heteroatoms. The quantitative estimate of drug-likeness (QED) is 0.758. The topological polar surface area (TPSA) is 50.2 Å². The van der Waals surface area contributed by atoms with Crippen LogP contribution in [0.1, 0.15) is 24.8 Å². The molecular formula is C16H19NO2S. The highest BCUT2D eigenvalue weighted by Crippen LogP contribution is 2.17. The molecule has 0 amide bonds. The second-order valence-electron chi connectivity index (χ2n) is 4.75. The monoisotopic (exact) mass is 289 g/mol. The van der Waals surface area contributed by atoms with Crippen LogP contribution in [-0.4, -0.2) is 28.2 Å². The van der Waals surface area contributed by atoms with Gasteiger partial charge < -0.3 is 5.11 Å². The van der Waals surface area contributed by atoms with Gasteiger partial charge in [-0.2, -0.15) is 0 Å². The molecule has 0 saturated carbocycles. The van der Waals surface area contributed by atoms with Gasteiger partial charge in [0.05, 0.1) is 11.3 Å². The maximum absolute atomic E-state index is 11.6. The van der Waals surface area contributed by atoms with Gasteiger partial charge in [0.25, 0.3) is 0 Å². The van der Waals surface area contributed by atoms with Gasteiger partial charge in [0.15, 0.2) is 0 Å². The highest BCUT2D eigenvalue weighted by atomic mass is 32.2. The molecule has 0 aliphatic carbocycles. The molecule has 2 rings (SSSR count). The molecule has 0 saturated heterocycles. The zero-order valence-electron chi connectivity index (χ0n) is 11.4. The largest absolute Gasteiger partial charge is 0.396 e. The first kappa shape index (κ1) is 15.0. The molecule has 106 valence electrons. The number of hydrogen-bond acceptors (Lipinski definition) is 4. The molecule has 1 aromatic carbocycles. The maximum Gasteiger partial charge on any atom is 0.142 e. The van der Waals surface area contributed by atoms with Gasteiger partial charge in [0.1, 0.15) is 5.78 Å². The molecule has 0 aliphatic heterocycles. The number of carbonyl (C=O) groups excluding carboxylic acids is 1. The van der Waals surface area contributed by atoms with Gasteiger partial charge in [-0.15, -0.1) is 11.8 Å². The van der Waals surface area contributed by atoms with E-state index in [0.29, 0.717) is 18.6 Å². The number of thioether (sulfide) groups is 1. The van der Waals surface area contributed by atoms with Crippen LogP contribution in [0.4, 0.5) is 0 Å². The van der Waals surface area contributed by atoms with Crippen LogP contribution in [0.2, 0.25) is 0 Å². The summed E-state index contributed by atoms with van der Waals surface area (Å²) in [5, 5.41) is 9.81. The smallest absolute Gasteiger partial charge is 0.142 e. The lowest BCUT2D eigenvalue weighted by Gasteiger charge is -2.03. The first-order valence-corrected chi connectivity index (χ1v) is 7.99. The van der Waals surface area contributed by atoms with Crippen molar-refractivity contribution in [3.05, 3.63) is 42.1 Å². The van der Waals surface area contributed by atoms with Crippen LogP contribution in [-0.2, 0) is 10.5 Å². The number of carbonyl (C=O) groups is 1. The van der Waals surface area contributed by atoms with Crippen LogP contribution >= 0.6 is 11.8 Å². The van der Waals surface area contributed by atoms with E-state index in [2.05, 4.69) is 17.1 Å². The fourth-order valence-electron chi connectivity index (χ4n) is 1.98. The summed E-state index contributed by atoms with van der Waals surface area (Å²) in [5.41, 5.74) is 2.15. The second-order valence-corrected chi connectivity index (χ2v) is 5.73. The van der Waals surface area contributed by atoms with E-state index in [9.17, 15) is 4.79 Å². The molecule has 0 unspecified atom stereocenters. The number of pyridine rings is 1. The van der Waals surface area contributed by atoms with E-state index in [1.54, 1.807) is 11.8 Å². The van der Waals surface area contributed by atoms with Gasteiger partial charge >= 0.3 is 0 Å². The van der Waals surface area contributed by atoms with Crippen LogP contribution in [0.3, 0.4) is 0 Å². The SMILES string of the molecule is O=C(CCCCO)CSCc1cnc2ccccc2c1. The molecular weight excluding hydrogens is 270 g/mol. The Morgan fingerprint density at radius 3 is 2.95 bits per heavy atom. The third-order valence-electron chi connectivity index (χ3n) is 3.04. The van der Waals surface area contributed by atoms with Crippen molar-refractivity contribution in [2.24, 2.45) is 0 Å². The van der Waals surface area contributed by atoms with Crippen molar-refractivity contribution in [1.29, 1.82) is 0 Å². The van der Waals surface area contributed by atoms with Crippen LogP contribution in [0.5, 0.6) is 0 Å². The van der Waals surface area contributed by atoms with Crippen molar-refractivity contribution in [1.82, 2.24) is 4.98 Å². The summed E-state index contributed by atoms with van der Waals surface area (Å²) in [5.74, 6) is 1.61. The zero-order chi connectivity index (χ0) is 14.2. The lowest BCUT2D eigenvalue weighted by molar-refractivity contribution is -0.116. The van der Waals surface area contributed by atoms with E-state index in [-0.39, 0.29) is 12.4 Å². The van der Waals surface area contributed by atoms with Crippen molar-refractivity contribution in [2.75, 3.05) is 12.4 Å². The lowest BCUT2D eigenvalue weighted by atomic mass is 10.2. The third-order valence-corrected chi connectivity index (χ3v) is 4.11. The molecule has 0 aliphatic rings. The number of para-hydroxylation sites is 1. The molecule has 0 fully saturated rings. The van der Waals surface area contributed by atoms with Crippen molar-refractivity contribution in [3.63, 3.8) is 0 Å². The van der Waals surface area contributed by atoms with E-state index in [0.717, 1.165) is 28.6 Å². The lowest BCUT2D eigenvalue weighted by Crippen LogP contribution is -2.02. The molecule has 1 aromatic heterocycles. The third kappa shape index (κ3) is 4.62. The minimum absolute atomic E-state index is 0.170. The van der Waals surface area contributed by atoms with E-state index in [4.69, 9.17) is 5.11 Å². The molecule has 1 N–H and O–H groups in total. The minimum Gasteiger partial charge on any atom is -0.396 e. The molecule has 1 heterocycles. The molecule has 0 radical (unpaired) electrons. The van der Waals surface area contributed by atoms with E-state index in [1.807, 2.05) is 24.4 Å². The Balaban J connectivity index is 1.79. The number of rotatable bonds is 8. The number of aromatic nitrogens is 1. The number of nitrogens with zero attached hydrogens (tertiary/aromatic N) is 1. The summed E-state index contributed by atoms with van der Waals surface area (Å²) in [6.45, 7) is 0.170. The Kier molecular flexibility index (Phi) is 6.02. The molecule has 3 nitrogen and oxygen atoms in total. The number of ketones is 1. The average molecular weight is 289 g/mol. The molecule has 0 bridgehead atoms. The number of benzene rings is 1. The van der Waals surface area contributed by atoms with Gasteiger partial charge in [-0.05, 0) is 30.5 Å². The fourth-order valence-corrected chi connectivity index (χ4v) is 2.85. The van der Waals surface area contributed by atoms with Crippen molar-refractivity contribution in [3.8, 4) is 0 Å². The molecule has 20 heavy (non-hydrogen) atoms. The van der Waals surface area contributed by atoms with Crippen LogP contribution < -0.4 is 0 Å². The van der Waals surface area contributed by atoms with Gasteiger partial charge in [-0.1, -0.05) is 18.2 Å². The summed E-state index contributed by atoms with van der Waals surface area (Å²) >= 11 is 1.63. The number of hydrogen-bond donors (Lipinski definition) is 1. The Bertz CT molecular complexity index is 571. The predicted octanol–water partition coefficient (Wildman–Crippen LogP) is 3.20. The standard InChI is InChI=1S/C16H19NO2S/c18-8-4-3-6-15(19)12-20-11-13-9-14-5-1-2-7-16(14)17-10-13/h1-2,5,7,9-10,18H,3-4,6,8,11-12H2. The predicted molar refractivity (Wildman–Crippen MR) is 83.8 cm³/mol. The molecule has 0 atom stereocenters. The van der Waals surface area contributed by atoms with E-state index in [1.165, 1.54) is 0 Å². The second kappa shape index (κ2) is 8.02. The van der Waals surface area contributed by atoms with Gasteiger partial charge in [-0.3, -0.25) is 9.78 Å². The van der Waals surface area contributed by atoms with Crippen molar-refractivity contribution in [2.45, 2.75) is 25.0 Å². The Morgan fingerprint density at radius 1 is 1.25 bits per heavy atom. The van der Waals surface area contributed by atoms with Crippen LogP contribution in [0, 0.1) is 0 Å². The maximum atomic E-state index is 11.6. The zero-order valence-corrected chi connectivity index (χ0v) is 12.2. The fraction of sp³-hybridized carbons (Fsp3) is 0.375. The van der Waals surface area contributed by atoms with E-state index < -0.39 is 0 Å². The number of aliphatic hydroxyl groups is 1. The Hall–Kier alpha value is -1.39. The summed E-state index contributed by atoms with van der Waals surface area (Å²) in [4.78, 5) is 16.0. The number of Topliss-reactive ketones (excluding diaryl/α,β-unsaturated/α-hetero) is 1. The summed E-state index contributed by atoms with van der Waals surface area (Å²) < 4.78 is 0. The van der Waals surface area contributed by atoms with Crippen molar-refractivity contribution < 1.29 is 9.90 Å². The van der Waals surface area contributed by atoms with Gasteiger partial charge in [0.2, 0.25) is 0 Å². The number of unbranched alkanes of at least 4 members (excludes halogenated alkanes) is 1. The minimum atomic E-state index is 0.170. The molecule has 2 aromatic rings. The number of aliphatic hydroxyl groups excluding tert-OH is 1. The van der Waals surface area contributed by atoms with E-state index >= 15 is 0 Å². The highest BCUT2D eigenvalue weighted by molar-refractivity contribution is 7.99. The Morgan fingerprint density at radius 2 is 2.10 bits per heavy atom. The summed E-state index contributed by atoms with van der Waals surface area (Å²) in [6, 6.07) is 10.2. The average Bonchev–Trinajstić information content (AvgIpc) is 2.47. The highest BCUT2D eigenvalue weighted by Gasteiger charge is 2.03. The molecule has 0 spiro atoms. The van der Waals surface area contributed by atoms with Gasteiger partial charge in [-0.25, -0.2) is 0 Å². The first-order chi connectivity index (χ1) is 9.79. The summed E-state index contributed by atoms with van der Waals surface area (Å²) in [7, 11) is 0. The van der Waals surface area contributed by atoms with Gasteiger partial charge in [0, 0.05) is 30.4 Å². The van der Waals surface area contributed by atoms with Crippen LogP contribution in [0.15, 0.2) is 36.5 Å². The number of fused-ring (bicyclic) bond motifs is 1.